The topological polar surface area (TPSA) is 102 Å². The van der Waals surface area contributed by atoms with E-state index in [1.54, 1.807) is 21.3 Å². The first-order valence-electron chi connectivity index (χ1n) is 17.3. The predicted molar refractivity (Wildman–Crippen MR) is 181 cm³/mol. The van der Waals surface area contributed by atoms with E-state index in [2.05, 4.69) is 39.8 Å². The Bertz CT molecular complexity index is 1120. The van der Waals surface area contributed by atoms with Crippen LogP contribution in [0.15, 0.2) is 48.5 Å². The summed E-state index contributed by atoms with van der Waals surface area (Å²) in [6.45, 7) is 4.27. The molecule has 0 aromatic heterocycles. The third-order valence-corrected chi connectivity index (χ3v) is 9.47. The Morgan fingerprint density at radius 3 is 2.39 bits per heavy atom. The van der Waals surface area contributed by atoms with Gasteiger partial charge in [-0.25, -0.2) is 0 Å². The maximum absolute atomic E-state index is 13.5. The van der Waals surface area contributed by atoms with Gasteiger partial charge in [-0.2, -0.15) is 0 Å². The van der Waals surface area contributed by atoms with Crippen molar-refractivity contribution in [3.63, 3.8) is 0 Å². The van der Waals surface area contributed by atoms with E-state index in [1.807, 2.05) is 24.3 Å². The molecule has 0 unspecified atom stereocenters. The van der Waals surface area contributed by atoms with Crippen molar-refractivity contribution in [3.8, 4) is 11.5 Å². The Hall–Kier alpha value is -2.69. The monoisotopic (exact) mass is 639 g/mol. The number of benzene rings is 2. The largest absolute Gasteiger partial charge is 0.497 e. The van der Waals surface area contributed by atoms with E-state index in [9.17, 15) is 9.90 Å². The molecule has 2 aliphatic rings. The Kier molecular flexibility index (Phi) is 15.6. The molecule has 3 N–H and O–H groups in total. The molecule has 1 saturated carbocycles. The van der Waals surface area contributed by atoms with Gasteiger partial charge in [-0.1, -0.05) is 62.4 Å². The van der Waals surface area contributed by atoms with Gasteiger partial charge in [-0.15, -0.1) is 0 Å². The van der Waals surface area contributed by atoms with Crippen LogP contribution in [0.5, 0.6) is 11.5 Å². The molecule has 0 spiro atoms. The minimum atomic E-state index is -0.699. The van der Waals surface area contributed by atoms with Gasteiger partial charge in [-0.3, -0.25) is 9.69 Å². The maximum atomic E-state index is 13.5. The molecule has 9 nitrogen and oxygen atoms in total. The number of methoxy groups -OCH3 is 3. The third kappa shape index (κ3) is 11.8. The smallest absolute Gasteiger partial charge is 0.234 e. The van der Waals surface area contributed by atoms with Crippen LogP contribution in [0.1, 0.15) is 75.0 Å². The van der Waals surface area contributed by atoms with Gasteiger partial charge in [0, 0.05) is 51.9 Å². The van der Waals surface area contributed by atoms with E-state index in [4.69, 9.17) is 18.9 Å². The molecule has 1 saturated heterocycles. The van der Waals surface area contributed by atoms with Crippen LogP contribution in [0, 0.1) is 11.8 Å². The number of aliphatic hydroxyl groups is 1. The SMILES string of the molecule is COCCCO[C@@H](c1ccccc1)[C@@H]1CCCN(CC(=O)N[C@@H](CC2CCCCC2)[C@H](O)CNCc2cc(OC)cc(OC)c2)C1. The van der Waals surface area contributed by atoms with Crippen molar-refractivity contribution in [3.05, 3.63) is 59.7 Å². The molecular formula is C37H57N3O6. The Morgan fingerprint density at radius 2 is 1.70 bits per heavy atom. The van der Waals surface area contributed by atoms with Crippen LogP contribution in [-0.4, -0.2) is 88.8 Å². The van der Waals surface area contributed by atoms with Gasteiger partial charge in [0.2, 0.25) is 5.91 Å². The fraction of sp³-hybridized carbons (Fsp3) is 0.649. The Labute approximate surface area is 276 Å². The zero-order chi connectivity index (χ0) is 32.6. The second-order valence-corrected chi connectivity index (χ2v) is 13.0. The van der Waals surface area contributed by atoms with Crippen molar-refractivity contribution >= 4 is 5.91 Å². The fourth-order valence-electron chi connectivity index (χ4n) is 7.07. The van der Waals surface area contributed by atoms with Gasteiger partial charge in [0.15, 0.2) is 0 Å². The summed E-state index contributed by atoms with van der Waals surface area (Å²) in [5.74, 6) is 2.26. The van der Waals surface area contributed by atoms with Gasteiger partial charge in [-0.05, 0) is 61.4 Å². The van der Waals surface area contributed by atoms with Gasteiger partial charge in [0.25, 0.3) is 0 Å². The van der Waals surface area contributed by atoms with E-state index < -0.39 is 6.10 Å². The highest BCUT2D eigenvalue weighted by molar-refractivity contribution is 5.78. The number of hydrogen-bond acceptors (Lipinski definition) is 8. The second kappa shape index (κ2) is 19.9. The van der Waals surface area contributed by atoms with E-state index in [-0.39, 0.29) is 18.1 Å². The summed E-state index contributed by atoms with van der Waals surface area (Å²) < 4.78 is 22.5. The van der Waals surface area contributed by atoms with Gasteiger partial charge < -0.3 is 34.7 Å². The normalized spacial score (nSPS) is 19.7. The lowest BCUT2D eigenvalue weighted by Gasteiger charge is -2.37. The molecular weight excluding hydrogens is 582 g/mol. The minimum absolute atomic E-state index is 0.0135. The highest BCUT2D eigenvalue weighted by atomic mass is 16.5. The van der Waals surface area contributed by atoms with Crippen molar-refractivity contribution in [1.82, 2.24) is 15.5 Å². The Balaban J connectivity index is 1.34. The number of nitrogens with one attached hydrogen (secondary N) is 2. The number of rotatable bonds is 19. The third-order valence-electron chi connectivity index (χ3n) is 9.47. The molecule has 0 radical (unpaired) electrons. The lowest BCUT2D eigenvalue weighted by molar-refractivity contribution is -0.125. The van der Waals surface area contributed by atoms with E-state index >= 15 is 0 Å². The first kappa shape index (κ1) is 36.2. The lowest BCUT2D eigenvalue weighted by atomic mass is 9.83. The van der Waals surface area contributed by atoms with Gasteiger partial charge in [0.1, 0.15) is 11.5 Å². The van der Waals surface area contributed by atoms with Crippen molar-refractivity contribution in [2.45, 2.75) is 82.6 Å². The maximum Gasteiger partial charge on any atom is 0.234 e. The van der Waals surface area contributed by atoms with Crippen molar-refractivity contribution in [2.24, 2.45) is 11.8 Å². The zero-order valence-corrected chi connectivity index (χ0v) is 28.3. The summed E-state index contributed by atoms with van der Waals surface area (Å²) in [7, 11) is 4.99. The molecule has 4 atom stereocenters. The molecule has 4 rings (SSSR count). The van der Waals surface area contributed by atoms with Crippen LogP contribution in [0.4, 0.5) is 0 Å². The number of carbonyl (C=O) groups excluding carboxylic acids is 1. The average molecular weight is 640 g/mol. The first-order chi connectivity index (χ1) is 22.5. The number of amides is 1. The molecule has 1 aliphatic carbocycles. The average Bonchev–Trinajstić information content (AvgIpc) is 3.08. The molecule has 1 amide bonds. The summed E-state index contributed by atoms with van der Waals surface area (Å²) in [6, 6.07) is 15.9. The van der Waals surface area contributed by atoms with Crippen LogP contribution in [-0.2, 0) is 20.8 Å². The van der Waals surface area contributed by atoms with Crippen LogP contribution < -0.4 is 20.1 Å². The number of nitrogens with zero attached hydrogens (tertiary/aromatic N) is 1. The van der Waals surface area contributed by atoms with Gasteiger partial charge in [0.05, 0.1) is 39.0 Å². The molecule has 2 aromatic rings. The van der Waals surface area contributed by atoms with Crippen molar-refractivity contribution in [1.29, 1.82) is 0 Å². The standard InChI is InChI=1S/C37H57N3O6/c1-43-18-11-19-46-37(30-14-8-5-9-15-30)31-16-10-17-40(26-31)27-36(42)39-34(22-28-12-6-4-7-13-28)35(41)25-38-24-29-20-32(44-2)23-33(21-29)45-3/h5,8-9,14-15,20-21,23,28,31,34-35,37-38,41H,4,6-7,10-13,16-19,22,24-27H2,1-3H3,(H,39,42)/t31-,34+,35-,37+/m1/s1. The molecule has 2 fully saturated rings. The quantitative estimate of drug-likeness (QED) is 0.182. The number of likely N-dealkylation sites (tertiary alicyclic amines) is 1. The highest BCUT2D eigenvalue weighted by Gasteiger charge is 2.31. The molecule has 9 heteroatoms. The van der Waals surface area contributed by atoms with Crippen LogP contribution in [0.3, 0.4) is 0 Å². The summed E-state index contributed by atoms with van der Waals surface area (Å²) in [6.07, 6.45) is 9.08. The van der Waals surface area contributed by atoms with Gasteiger partial charge >= 0.3 is 0 Å². The molecule has 1 aliphatic heterocycles. The number of piperidine rings is 1. The molecule has 46 heavy (non-hydrogen) atoms. The van der Waals surface area contributed by atoms with Crippen LogP contribution >= 0.6 is 0 Å². The predicted octanol–water partition coefficient (Wildman–Crippen LogP) is 5.12. The molecule has 1 heterocycles. The van der Waals surface area contributed by atoms with Crippen molar-refractivity contribution < 1.29 is 28.8 Å². The van der Waals surface area contributed by atoms with E-state index in [1.165, 1.54) is 24.8 Å². The summed E-state index contributed by atoms with van der Waals surface area (Å²) >= 11 is 0. The van der Waals surface area contributed by atoms with E-state index in [0.29, 0.717) is 44.7 Å². The van der Waals surface area contributed by atoms with E-state index in [0.717, 1.165) is 68.7 Å². The number of aliphatic hydroxyl groups excluding tert-OH is 1. The molecule has 0 bridgehead atoms. The highest BCUT2D eigenvalue weighted by Crippen LogP contribution is 2.33. The molecule has 256 valence electrons. The van der Waals surface area contributed by atoms with Crippen LogP contribution in [0.25, 0.3) is 0 Å². The van der Waals surface area contributed by atoms with Crippen molar-refractivity contribution in [2.75, 3.05) is 60.7 Å². The summed E-state index contributed by atoms with van der Waals surface area (Å²) in [5.41, 5.74) is 2.19. The lowest BCUT2D eigenvalue weighted by Crippen LogP contribution is -2.52. The second-order valence-electron chi connectivity index (χ2n) is 13.0. The summed E-state index contributed by atoms with van der Waals surface area (Å²) in [5, 5.41) is 18.0. The molecule has 2 aromatic carbocycles. The fourth-order valence-corrected chi connectivity index (χ4v) is 7.07. The van der Waals surface area contributed by atoms with Crippen LogP contribution in [0.2, 0.25) is 0 Å². The minimum Gasteiger partial charge on any atom is -0.497 e. The number of hydrogen-bond donors (Lipinski definition) is 3. The summed E-state index contributed by atoms with van der Waals surface area (Å²) in [4.78, 5) is 15.8. The zero-order valence-electron chi connectivity index (χ0n) is 28.3. The Morgan fingerprint density at radius 1 is 0.957 bits per heavy atom. The number of carbonyl (C=O) groups is 1. The first-order valence-corrected chi connectivity index (χ1v) is 17.3. The number of ether oxygens (including phenoxy) is 4.